The first-order chi connectivity index (χ1) is 14.0. The van der Waals surface area contributed by atoms with E-state index in [0.717, 1.165) is 16.6 Å². The summed E-state index contributed by atoms with van der Waals surface area (Å²) < 4.78 is 21.8. The highest BCUT2D eigenvalue weighted by molar-refractivity contribution is 6.11. The van der Waals surface area contributed by atoms with E-state index in [4.69, 9.17) is 18.9 Å². The van der Waals surface area contributed by atoms with Gasteiger partial charge in [-0.05, 0) is 32.0 Å². The van der Waals surface area contributed by atoms with Crippen molar-refractivity contribution >= 4 is 22.7 Å². The van der Waals surface area contributed by atoms with Crippen LogP contribution in [0.25, 0.3) is 10.9 Å². The lowest BCUT2D eigenvalue weighted by molar-refractivity contribution is 0.0318. The predicted octanol–water partition coefficient (Wildman–Crippen LogP) is 3.68. The number of para-hydroxylation sites is 1. The molecule has 3 aromatic rings. The molecule has 0 fully saturated rings. The largest absolute Gasteiger partial charge is 0.493 e. The van der Waals surface area contributed by atoms with Crippen molar-refractivity contribution in [2.24, 2.45) is 0 Å². The standard InChI is InChI=1S/C22H21NO6/c1-12-19(15-6-4-5-7-16(15)23-12)20(24)13(2)29-22(25)14-10-17(26-3)21-18(11-14)27-8-9-28-21/h4-7,10-11,13,23H,8-9H2,1-3H3/t13-/m0/s1. The van der Waals surface area contributed by atoms with E-state index in [-0.39, 0.29) is 11.3 Å². The smallest absolute Gasteiger partial charge is 0.339 e. The minimum absolute atomic E-state index is 0.224. The van der Waals surface area contributed by atoms with Gasteiger partial charge in [-0.3, -0.25) is 4.79 Å². The van der Waals surface area contributed by atoms with Crippen molar-refractivity contribution in [3.63, 3.8) is 0 Å². The molecule has 29 heavy (non-hydrogen) atoms. The summed E-state index contributed by atoms with van der Waals surface area (Å²) in [4.78, 5) is 28.9. The molecule has 0 unspecified atom stereocenters. The summed E-state index contributed by atoms with van der Waals surface area (Å²) in [7, 11) is 1.48. The third kappa shape index (κ3) is 3.40. The van der Waals surface area contributed by atoms with Crippen LogP contribution in [0.4, 0.5) is 0 Å². The van der Waals surface area contributed by atoms with Gasteiger partial charge in [-0.2, -0.15) is 0 Å². The molecule has 0 bridgehead atoms. The maximum atomic E-state index is 13.0. The van der Waals surface area contributed by atoms with Gasteiger partial charge in [0.15, 0.2) is 17.6 Å². The second kappa shape index (κ2) is 7.50. The minimum atomic E-state index is -0.959. The molecule has 4 rings (SSSR count). The fourth-order valence-corrected chi connectivity index (χ4v) is 3.47. The first-order valence-electron chi connectivity index (χ1n) is 9.29. The number of fused-ring (bicyclic) bond motifs is 2. The summed E-state index contributed by atoms with van der Waals surface area (Å²) in [6.45, 7) is 4.18. The third-order valence-electron chi connectivity index (χ3n) is 4.86. The number of nitrogens with one attached hydrogen (secondary N) is 1. The Balaban J connectivity index is 1.58. The van der Waals surface area contributed by atoms with Gasteiger partial charge in [-0.25, -0.2) is 4.79 Å². The summed E-state index contributed by atoms with van der Waals surface area (Å²) in [5.74, 6) is 0.333. The number of hydrogen-bond acceptors (Lipinski definition) is 6. The van der Waals surface area contributed by atoms with E-state index in [1.54, 1.807) is 6.92 Å². The van der Waals surface area contributed by atoms with Gasteiger partial charge in [0.1, 0.15) is 13.2 Å². The lowest BCUT2D eigenvalue weighted by Gasteiger charge is -2.21. The predicted molar refractivity (Wildman–Crippen MR) is 106 cm³/mol. The quantitative estimate of drug-likeness (QED) is 0.524. The van der Waals surface area contributed by atoms with Gasteiger partial charge < -0.3 is 23.9 Å². The van der Waals surface area contributed by atoms with Crippen molar-refractivity contribution in [3.8, 4) is 17.2 Å². The molecule has 1 N–H and O–H groups in total. The first kappa shape index (κ1) is 18.9. The molecular weight excluding hydrogens is 374 g/mol. The van der Waals surface area contributed by atoms with E-state index >= 15 is 0 Å². The Morgan fingerprint density at radius 1 is 1.14 bits per heavy atom. The van der Waals surface area contributed by atoms with Crippen LogP contribution in [0.1, 0.15) is 33.3 Å². The van der Waals surface area contributed by atoms with Crippen LogP contribution in [-0.4, -0.2) is 43.2 Å². The van der Waals surface area contributed by atoms with Crippen molar-refractivity contribution in [2.75, 3.05) is 20.3 Å². The molecule has 0 saturated heterocycles. The fourth-order valence-electron chi connectivity index (χ4n) is 3.47. The number of carbonyl (C=O) groups is 2. The number of ether oxygens (including phenoxy) is 4. The molecule has 0 saturated carbocycles. The molecule has 150 valence electrons. The minimum Gasteiger partial charge on any atom is -0.493 e. The Bertz CT molecular complexity index is 1080. The van der Waals surface area contributed by atoms with Crippen molar-refractivity contribution in [3.05, 3.63) is 53.2 Å². The Morgan fingerprint density at radius 3 is 2.69 bits per heavy atom. The molecule has 0 aliphatic carbocycles. The van der Waals surface area contributed by atoms with Crippen LogP contribution in [0.3, 0.4) is 0 Å². The van der Waals surface area contributed by atoms with Crippen molar-refractivity contribution in [2.45, 2.75) is 20.0 Å². The molecule has 1 atom stereocenters. The topological polar surface area (TPSA) is 86.9 Å². The van der Waals surface area contributed by atoms with Crippen molar-refractivity contribution < 1.29 is 28.5 Å². The molecule has 0 radical (unpaired) electrons. The maximum Gasteiger partial charge on any atom is 0.339 e. The van der Waals surface area contributed by atoms with Gasteiger partial charge in [0.25, 0.3) is 0 Å². The van der Waals surface area contributed by atoms with E-state index in [1.165, 1.54) is 19.2 Å². The number of ketones is 1. The number of aromatic amines is 1. The van der Waals surface area contributed by atoms with Gasteiger partial charge in [0.05, 0.1) is 12.7 Å². The zero-order chi connectivity index (χ0) is 20.5. The van der Waals surface area contributed by atoms with E-state index < -0.39 is 12.1 Å². The molecule has 2 aromatic carbocycles. The van der Waals surface area contributed by atoms with E-state index in [1.807, 2.05) is 31.2 Å². The van der Waals surface area contributed by atoms with Crippen LogP contribution in [0.15, 0.2) is 36.4 Å². The number of carbonyl (C=O) groups excluding carboxylic acids is 2. The molecule has 0 amide bonds. The van der Waals surface area contributed by atoms with Gasteiger partial charge in [0, 0.05) is 22.2 Å². The lowest BCUT2D eigenvalue weighted by atomic mass is 10.0. The van der Waals surface area contributed by atoms with Gasteiger partial charge >= 0.3 is 5.97 Å². The summed E-state index contributed by atoms with van der Waals surface area (Å²) in [6.07, 6.45) is -0.959. The summed E-state index contributed by atoms with van der Waals surface area (Å²) in [5, 5.41) is 0.805. The van der Waals surface area contributed by atoms with E-state index in [2.05, 4.69) is 4.98 Å². The Kier molecular flexibility index (Phi) is 4.88. The number of hydrogen-bond donors (Lipinski definition) is 1. The summed E-state index contributed by atoms with van der Waals surface area (Å²) in [5.41, 5.74) is 2.35. The van der Waals surface area contributed by atoms with Gasteiger partial charge in [-0.15, -0.1) is 0 Å². The molecule has 7 heteroatoms. The van der Waals surface area contributed by atoms with Crippen LogP contribution in [0.5, 0.6) is 17.2 Å². The highest BCUT2D eigenvalue weighted by atomic mass is 16.6. The third-order valence-corrected chi connectivity index (χ3v) is 4.86. The molecule has 1 aliphatic heterocycles. The second-order valence-corrected chi connectivity index (χ2v) is 6.79. The van der Waals surface area contributed by atoms with Crippen molar-refractivity contribution in [1.82, 2.24) is 4.98 Å². The molecule has 2 heterocycles. The normalized spacial score (nSPS) is 13.8. The highest BCUT2D eigenvalue weighted by Crippen LogP contribution is 2.40. The second-order valence-electron chi connectivity index (χ2n) is 6.79. The van der Waals surface area contributed by atoms with Crippen LogP contribution < -0.4 is 14.2 Å². The zero-order valence-electron chi connectivity index (χ0n) is 16.4. The number of H-pyrrole nitrogens is 1. The molecule has 1 aromatic heterocycles. The molecule has 0 spiro atoms. The zero-order valence-corrected chi connectivity index (χ0v) is 16.4. The number of rotatable bonds is 5. The van der Waals surface area contributed by atoms with Crippen LogP contribution in [0, 0.1) is 6.92 Å². The SMILES string of the molecule is COc1cc(C(=O)O[C@@H](C)C(=O)c2c(C)[nH]c3ccccc23)cc2c1OCCO2. The number of esters is 1. The Labute approximate surface area is 167 Å². The van der Waals surface area contributed by atoms with E-state index in [0.29, 0.717) is 36.0 Å². The lowest BCUT2D eigenvalue weighted by Crippen LogP contribution is -2.25. The average molecular weight is 395 g/mol. The van der Waals surface area contributed by atoms with Crippen LogP contribution >= 0.6 is 0 Å². The molecular formula is C22H21NO6. The number of aryl methyl sites for hydroxylation is 1. The monoisotopic (exact) mass is 395 g/mol. The number of Topliss-reactive ketones (excluding diaryl/α,β-unsaturated/α-hetero) is 1. The highest BCUT2D eigenvalue weighted by Gasteiger charge is 2.27. The van der Waals surface area contributed by atoms with E-state index in [9.17, 15) is 9.59 Å². The molecule has 1 aliphatic rings. The molecule has 7 nitrogen and oxygen atoms in total. The van der Waals surface area contributed by atoms with Gasteiger partial charge in [0.2, 0.25) is 11.5 Å². The number of methoxy groups -OCH3 is 1. The van der Waals surface area contributed by atoms with Crippen molar-refractivity contribution in [1.29, 1.82) is 0 Å². The summed E-state index contributed by atoms with van der Waals surface area (Å²) in [6, 6.07) is 10.6. The number of benzene rings is 2. The van der Waals surface area contributed by atoms with Crippen LogP contribution in [0.2, 0.25) is 0 Å². The first-order valence-corrected chi connectivity index (χ1v) is 9.29. The fraction of sp³-hybridized carbons (Fsp3) is 0.273. The summed E-state index contributed by atoms with van der Waals surface area (Å²) >= 11 is 0. The number of aromatic nitrogens is 1. The average Bonchev–Trinajstić information content (AvgIpc) is 3.07. The Hall–Kier alpha value is -3.48. The maximum absolute atomic E-state index is 13.0. The van der Waals surface area contributed by atoms with Crippen LogP contribution in [-0.2, 0) is 4.74 Å². The Morgan fingerprint density at radius 2 is 1.90 bits per heavy atom. The van der Waals surface area contributed by atoms with Gasteiger partial charge in [-0.1, -0.05) is 18.2 Å².